The molecule has 1 saturated heterocycles. The molecule has 9 nitrogen and oxygen atoms in total. The first kappa shape index (κ1) is 24.9. The van der Waals surface area contributed by atoms with E-state index in [4.69, 9.17) is 0 Å². The quantitative estimate of drug-likeness (QED) is 0.540. The Hall–Kier alpha value is -3.24. The van der Waals surface area contributed by atoms with Crippen LogP contribution in [0.25, 0.3) is 11.0 Å². The summed E-state index contributed by atoms with van der Waals surface area (Å²) in [6.07, 6.45) is 3.41. The molecule has 0 aliphatic carbocycles. The second kappa shape index (κ2) is 10.2. The van der Waals surface area contributed by atoms with E-state index in [9.17, 15) is 18.0 Å². The molecule has 0 radical (unpaired) electrons. The number of hydrogen-bond donors (Lipinski definition) is 1. The third-order valence-electron chi connectivity index (χ3n) is 6.27. The Balaban J connectivity index is 1.45. The number of nitrogens with zero attached hydrogens (tertiary/aromatic N) is 4. The van der Waals surface area contributed by atoms with Gasteiger partial charge in [-0.2, -0.15) is 4.31 Å². The van der Waals surface area contributed by atoms with Gasteiger partial charge in [0.15, 0.2) is 0 Å². The Morgan fingerprint density at radius 3 is 2.51 bits per heavy atom. The van der Waals surface area contributed by atoms with Gasteiger partial charge in [-0.25, -0.2) is 13.4 Å². The lowest BCUT2D eigenvalue weighted by atomic mass is 10.1. The summed E-state index contributed by atoms with van der Waals surface area (Å²) in [6, 6.07) is 11.9. The molecule has 0 unspecified atom stereocenters. The topological polar surface area (TPSA) is 105 Å². The average Bonchev–Trinajstić information content (AvgIpc) is 3.17. The average molecular weight is 498 g/mol. The van der Waals surface area contributed by atoms with Crippen molar-refractivity contribution in [3.63, 3.8) is 0 Å². The van der Waals surface area contributed by atoms with Gasteiger partial charge < -0.3 is 14.8 Å². The first-order valence-electron chi connectivity index (χ1n) is 11.7. The van der Waals surface area contributed by atoms with Gasteiger partial charge in [-0.1, -0.05) is 12.5 Å². The van der Waals surface area contributed by atoms with Crippen LogP contribution in [0, 0.1) is 0 Å². The number of rotatable bonds is 7. The maximum Gasteiger partial charge on any atom is 0.253 e. The van der Waals surface area contributed by atoms with Crippen LogP contribution in [-0.2, 0) is 28.3 Å². The number of sulfonamides is 1. The molecule has 186 valence electrons. The minimum absolute atomic E-state index is 0.137. The molecule has 2 aromatic carbocycles. The molecule has 0 bridgehead atoms. The molecule has 2 heterocycles. The summed E-state index contributed by atoms with van der Waals surface area (Å²) < 4.78 is 29.5. The Morgan fingerprint density at radius 2 is 1.80 bits per heavy atom. The highest BCUT2D eigenvalue weighted by molar-refractivity contribution is 7.89. The molecule has 1 fully saturated rings. The fourth-order valence-corrected chi connectivity index (χ4v) is 5.84. The smallest absolute Gasteiger partial charge is 0.253 e. The highest BCUT2D eigenvalue weighted by Crippen LogP contribution is 2.25. The first-order chi connectivity index (χ1) is 16.7. The van der Waals surface area contributed by atoms with Gasteiger partial charge in [0.1, 0.15) is 5.82 Å². The van der Waals surface area contributed by atoms with Gasteiger partial charge in [-0.05, 0) is 49.2 Å². The summed E-state index contributed by atoms with van der Waals surface area (Å²) in [7, 11) is 1.67. The molecule has 0 spiro atoms. The fourth-order valence-electron chi connectivity index (χ4n) is 4.30. The minimum atomic E-state index is -3.54. The number of benzene rings is 2. The minimum Gasteiger partial charge on any atom is -0.345 e. The van der Waals surface area contributed by atoms with Crippen molar-refractivity contribution < 1.29 is 18.0 Å². The summed E-state index contributed by atoms with van der Waals surface area (Å²) in [6.45, 7) is 1.10. The molecule has 10 heteroatoms. The zero-order valence-corrected chi connectivity index (χ0v) is 21.1. The number of nitrogens with one attached hydrogen (secondary N) is 1. The number of hydrogen-bond acceptors (Lipinski definition) is 5. The Kier molecular flexibility index (Phi) is 7.23. The lowest BCUT2D eigenvalue weighted by Crippen LogP contribution is -2.35. The zero-order chi connectivity index (χ0) is 25.2. The number of imidazole rings is 1. The standard InChI is InChI=1S/C25H31N5O4S/c1-28(2)25(32)18-8-7-9-19(16-18)26-24(31)13-12-23-27-21-17-20(10-11-22(21)29(23)3)35(33,34)30-14-5-4-6-15-30/h7-11,16-17H,4-6,12-15H2,1-3H3,(H,26,31). The highest BCUT2D eigenvalue weighted by atomic mass is 32.2. The van der Waals surface area contributed by atoms with E-state index in [0.29, 0.717) is 42.1 Å². The molecule has 35 heavy (non-hydrogen) atoms. The Morgan fingerprint density at radius 1 is 1.06 bits per heavy atom. The SMILES string of the molecule is CN(C)C(=O)c1cccc(NC(=O)CCc2nc3cc(S(=O)(=O)N4CCCCC4)ccc3n2C)c1. The van der Waals surface area contributed by atoms with Crippen LogP contribution >= 0.6 is 0 Å². The summed E-state index contributed by atoms with van der Waals surface area (Å²) in [4.78, 5) is 31.1. The molecule has 0 saturated carbocycles. The molecular weight excluding hydrogens is 466 g/mol. The molecule has 2 amide bonds. The van der Waals surface area contributed by atoms with Crippen molar-refractivity contribution in [3.8, 4) is 0 Å². The van der Waals surface area contributed by atoms with E-state index in [0.717, 1.165) is 24.8 Å². The number of carbonyl (C=O) groups is 2. The lowest BCUT2D eigenvalue weighted by molar-refractivity contribution is -0.116. The van der Waals surface area contributed by atoms with Crippen LogP contribution in [0.2, 0.25) is 0 Å². The number of piperidine rings is 1. The Bertz CT molecular complexity index is 1360. The molecule has 3 aromatic rings. The van der Waals surface area contributed by atoms with E-state index in [-0.39, 0.29) is 23.1 Å². The van der Waals surface area contributed by atoms with Crippen LogP contribution < -0.4 is 5.32 Å². The number of anilines is 1. The fraction of sp³-hybridized carbons (Fsp3) is 0.400. The van der Waals surface area contributed by atoms with Crippen molar-refractivity contribution in [2.45, 2.75) is 37.0 Å². The summed E-state index contributed by atoms with van der Waals surface area (Å²) in [5, 5.41) is 2.83. The molecule has 1 aliphatic rings. The van der Waals surface area contributed by atoms with Crippen LogP contribution in [0.1, 0.15) is 41.9 Å². The molecule has 1 aliphatic heterocycles. The van der Waals surface area contributed by atoms with Gasteiger partial charge in [0.25, 0.3) is 5.91 Å². The van der Waals surface area contributed by atoms with Crippen molar-refractivity contribution in [2.24, 2.45) is 7.05 Å². The number of fused-ring (bicyclic) bond motifs is 1. The number of amides is 2. The van der Waals surface area contributed by atoms with Gasteiger partial charge >= 0.3 is 0 Å². The van der Waals surface area contributed by atoms with Crippen LogP contribution in [0.5, 0.6) is 0 Å². The van der Waals surface area contributed by atoms with Gasteiger partial charge in [0, 0.05) is 58.3 Å². The zero-order valence-electron chi connectivity index (χ0n) is 20.3. The largest absolute Gasteiger partial charge is 0.345 e. The second-order valence-corrected chi connectivity index (χ2v) is 11.0. The number of aromatic nitrogens is 2. The molecule has 1 aromatic heterocycles. The van der Waals surface area contributed by atoms with Crippen molar-refractivity contribution in [1.82, 2.24) is 18.8 Å². The van der Waals surface area contributed by atoms with Crippen LogP contribution in [0.15, 0.2) is 47.4 Å². The monoisotopic (exact) mass is 497 g/mol. The number of carbonyl (C=O) groups excluding carboxylic acids is 2. The first-order valence-corrected chi connectivity index (χ1v) is 13.2. The van der Waals surface area contributed by atoms with E-state index in [1.807, 2.05) is 11.6 Å². The van der Waals surface area contributed by atoms with Crippen LogP contribution in [0.3, 0.4) is 0 Å². The van der Waals surface area contributed by atoms with Crippen LogP contribution in [0.4, 0.5) is 5.69 Å². The summed E-state index contributed by atoms with van der Waals surface area (Å²) in [5.41, 5.74) is 2.46. The maximum absolute atomic E-state index is 13.0. The van der Waals surface area contributed by atoms with Gasteiger partial charge in [-0.3, -0.25) is 9.59 Å². The normalized spacial score (nSPS) is 14.7. The second-order valence-electron chi connectivity index (χ2n) is 9.03. The predicted molar refractivity (Wildman–Crippen MR) is 135 cm³/mol. The Labute approximate surface area is 205 Å². The van der Waals surface area contributed by atoms with Gasteiger partial charge in [-0.15, -0.1) is 0 Å². The maximum atomic E-state index is 13.0. The molecule has 4 rings (SSSR count). The van der Waals surface area contributed by atoms with E-state index < -0.39 is 10.0 Å². The molecular formula is C25H31N5O4S. The summed E-state index contributed by atoms with van der Waals surface area (Å²) in [5.74, 6) is 0.363. The summed E-state index contributed by atoms with van der Waals surface area (Å²) >= 11 is 0. The van der Waals surface area contributed by atoms with Gasteiger partial charge in [0.2, 0.25) is 15.9 Å². The molecule has 0 atom stereocenters. The van der Waals surface area contributed by atoms with E-state index in [1.165, 1.54) is 4.90 Å². The van der Waals surface area contributed by atoms with Gasteiger partial charge in [0.05, 0.1) is 15.9 Å². The van der Waals surface area contributed by atoms with E-state index in [2.05, 4.69) is 10.3 Å². The van der Waals surface area contributed by atoms with Crippen LogP contribution in [-0.4, -0.2) is 66.2 Å². The predicted octanol–water partition coefficient (Wildman–Crippen LogP) is 3.02. The van der Waals surface area contributed by atoms with Crippen molar-refractivity contribution in [3.05, 3.63) is 53.9 Å². The third-order valence-corrected chi connectivity index (χ3v) is 8.17. The van der Waals surface area contributed by atoms with Crippen molar-refractivity contribution in [1.29, 1.82) is 0 Å². The van der Waals surface area contributed by atoms with E-state index in [1.54, 1.807) is 60.9 Å². The van der Waals surface area contributed by atoms with Crippen molar-refractivity contribution >= 4 is 38.6 Å². The highest BCUT2D eigenvalue weighted by Gasteiger charge is 2.26. The molecule has 1 N–H and O–H groups in total. The van der Waals surface area contributed by atoms with E-state index >= 15 is 0 Å². The lowest BCUT2D eigenvalue weighted by Gasteiger charge is -2.25. The number of aryl methyl sites for hydroxylation is 2. The third kappa shape index (κ3) is 5.38. The van der Waals surface area contributed by atoms with Crippen molar-refractivity contribution in [2.75, 3.05) is 32.5 Å².